The molecule has 0 radical (unpaired) electrons. The Morgan fingerprint density at radius 2 is 1.73 bits per heavy atom. The Labute approximate surface area is 166 Å². The molecule has 0 aromatic rings. The lowest BCUT2D eigenvalue weighted by molar-refractivity contribution is -0.118. The zero-order valence-corrected chi connectivity index (χ0v) is 17.7. The molecule has 0 aromatic carbocycles. The van der Waals surface area contributed by atoms with Crippen molar-refractivity contribution in [3.8, 4) is 0 Å². The zero-order valence-electron chi connectivity index (χ0n) is 16.9. The molecule has 1 saturated heterocycles. The van der Waals surface area contributed by atoms with Gasteiger partial charge < -0.3 is 10.6 Å². The van der Waals surface area contributed by atoms with Crippen LogP contribution in [0.15, 0.2) is 35.4 Å². The van der Waals surface area contributed by atoms with Crippen LogP contribution >= 0.6 is 11.6 Å². The third-order valence-electron chi connectivity index (χ3n) is 4.45. The number of likely N-dealkylation sites (tertiary alicyclic amines) is 1. The molecule has 0 saturated carbocycles. The van der Waals surface area contributed by atoms with Gasteiger partial charge in [0.2, 0.25) is 5.91 Å². The Morgan fingerprint density at radius 1 is 1.08 bits per heavy atom. The van der Waals surface area contributed by atoms with E-state index in [2.05, 4.69) is 18.4 Å². The lowest BCUT2D eigenvalue weighted by atomic mass is 10.1. The van der Waals surface area contributed by atoms with E-state index >= 15 is 0 Å². The molecule has 1 fully saturated rings. The van der Waals surface area contributed by atoms with Crippen molar-refractivity contribution < 1.29 is 4.79 Å². The molecule has 1 heterocycles. The van der Waals surface area contributed by atoms with Gasteiger partial charge in [0.15, 0.2) is 0 Å². The number of nitrogens with zero attached hydrogens (tertiary/aromatic N) is 1. The van der Waals surface area contributed by atoms with Crippen LogP contribution in [0.3, 0.4) is 0 Å². The fourth-order valence-corrected chi connectivity index (χ4v) is 2.88. The Hall–Kier alpha value is -1.06. The number of carbonyl (C=O) groups excluding carboxylic acids is 1. The van der Waals surface area contributed by atoms with Crippen molar-refractivity contribution in [2.24, 2.45) is 5.73 Å². The molecule has 1 rings (SSSR count). The number of rotatable bonds is 12. The van der Waals surface area contributed by atoms with Crippen LogP contribution in [0, 0.1) is 0 Å². The summed E-state index contributed by atoms with van der Waals surface area (Å²) in [6, 6.07) is 0. The maximum absolute atomic E-state index is 10.3. The minimum Gasteiger partial charge on any atom is -0.370 e. The van der Waals surface area contributed by atoms with Gasteiger partial charge in [-0.2, -0.15) is 0 Å². The summed E-state index contributed by atoms with van der Waals surface area (Å²) in [4.78, 5) is 12.8. The van der Waals surface area contributed by atoms with Gasteiger partial charge in [-0.1, -0.05) is 68.5 Å². The number of halogens is 1. The summed E-state index contributed by atoms with van der Waals surface area (Å²) in [7, 11) is 0. The van der Waals surface area contributed by atoms with Gasteiger partial charge in [-0.15, -0.1) is 0 Å². The van der Waals surface area contributed by atoms with Crippen LogP contribution in [-0.4, -0.2) is 30.4 Å². The van der Waals surface area contributed by atoms with E-state index in [1.807, 2.05) is 25.2 Å². The van der Waals surface area contributed by atoms with E-state index in [4.69, 9.17) is 17.3 Å². The average molecular weight is 383 g/mol. The summed E-state index contributed by atoms with van der Waals surface area (Å²) >= 11 is 5.87. The molecular formula is C22H39ClN2O. The Kier molecular flexibility index (Phi) is 16.7. The van der Waals surface area contributed by atoms with Crippen molar-refractivity contribution in [3.63, 3.8) is 0 Å². The van der Waals surface area contributed by atoms with Crippen LogP contribution in [0.25, 0.3) is 0 Å². The summed E-state index contributed by atoms with van der Waals surface area (Å²) < 4.78 is 0. The molecule has 4 heteroatoms. The Morgan fingerprint density at radius 3 is 2.31 bits per heavy atom. The van der Waals surface area contributed by atoms with Crippen LogP contribution in [0.1, 0.15) is 78.1 Å². The van der Waals surface area contributed by atoms with E-state index in [-0.39, 0.29) is 5.91 Å². The van der Waals surface area contributed by atoms with Crippen LogP contribution in [0.5, 0.6) is 0 Å². The summed E-state index contributed by atoms with van der Waals surface area (Å²) in [5.41, 5.74) is 6.13. The summed E-state index contributed by atoms with van der Waals surface area (Å²) in [5, 5.41) is 0.778. The lowest BCUT2D eigenvalue weighted by Crippen LogP contribution is -2.20. The highest BCUT2D eigenvalue weighted by atomic mass is 35.5. The summed E-state index contributed by atoms with van der Waals surface area (Å²) in [6.07, 6.45) is 17.3. The highest BCUT2D eigenvalue weighted by molar-refractivity contribution is 6.31. The maximum Gasteiger partial charge on any atom is 0.217 e. The second kappa shape index (κ2) is 17.4. The Balaban J connectivity index is 0.000000541. The molecule has 3 nitrogen and oxygen atoms in total. The van der Waals surface area contributed by atoms with E-state index in [1.165, 1.54) is 63.7 Å². The molecule has 0 atom stereocenters. The summed E-state index contributed by atoms with van der Waals surface area (Å²) in [6.45, 7) is 11.9. The second-order valence-corrected chi connectivity index (χ2v) is 7.38. The van der Waals surface area contributed by atoms with Crippen LogP contribution in [-0.2, 0) is 4.79 Å². The fourth-order valence-electron chi connectivity index (χ4n) is 2.82. The number of hydrogen-bond acceptors (Lipinski definition) is 2. The fraction of sp³-hybridized carbons (Fsp3) is 0.682. The molecule has 0 aromatic heterocycles. The predicted octanol–water partition coefficient (Wildman–Crippen LogP) is 5.95. The zero-order chi connectivity index (χ0) is 19.6. The molecule has 0 bridgehead atoms. The van der Waals surface area contributed by atoms with Crippen molar-refractivity contribution >= 4 is 17.5 Å². The molecule has 1 aliphatic rings. The number of allylic oxidation sites excluding steroid dienone is 5. The number of primary amides is 1. The number of amides is 1. The third-order valence-corrected chi connectivity index (χ3v) is 4.80. The monoisotopic (exact) mass is 382 g/mol. The van der Waals surface area contributed by atoms with Gasteiger partial charge in [-0.3, -0.25) is 4.79 Å². The molecule has 0 spiro atoms. The first-order valence-electron chi connectivity index (χ1n) is 10.2. The van der Waals surface area contributed by atoms with Crippen LogP contribution < -0.4 is 5.73 Å². The van der Waals surface area contributed by atoms with Gasteiger partial charge in [-0.25, -0.2) is 0 Å². The van der Waals surface area contributed by atoms with Crippen molar-refractivity contribution in [2.75, 3.05) is 19.6 Å². The Bertz CT molecular complexity index is 437. The van der Waals surface area contributed by atoms with Crippen molar-refractivity contribution in [3.05, 3.63) is 35.4 Å². The van der Waals surface area contributed by atoms with E-state index in [9.17, 15) is 4.79 Å². The quantitative estimate of drug-likeness (QED) is 0.335. The van der Waals surface area contributed by atoms with Crippen molar-refractivity contribution in [1.29, 1.82) is 0 Å². The number of unbranched alkanes of at least 4 members (excludes halogenated alkanes) is 4. The van der Waals surface area contributed by atoms with Crippen molar-refractivity contribution in [1.82, 2.24) is 4.90 Å². The first kappa shape index (κ1) is 24.9. The number of nitrogens with two attached hydrogens (primary N) is 1. The highest BCUT2D eigenvalue weighted by Gasteiger charge is 2.09. The number of hydrogen-bond donors (Lipinski definition) is 1. The van der Waals surface area contributed by atoms with Gasteiger partial charge in [0.25, 0.3) is 0 Å². The van der Waals surface area contributed by atoms with Gasteiger partial charge in [0.05, 0.1) is 0 Å². The van der Waals surface area contributed by atoms with Gasteiger partial charge in [0.1, 0.15) is 0 Å². The molecular weight excluding hydrogens is 344 g/mol. The molecule has 26 heavy (non-hydrogen) atoms. The maximum atomic E-state index is 10.3. The van der Waals surface area contributed by atoms with E-state index in [1.54, 1.807) is 0 Å². The largest absolute Gasteiger partial charge is 0.370 e. The van der Waals surface area contributed by atoms with E-state index in [0.29, 0.717) is 6.42 Å². The smallest absolute Gasteiger partial charge is 0.217 e. The minimum absolute atomic E-state index is 0.170. The first-order chi connectivity index (χ1) is 12.5. The molecule has 0 aliphatic carbocycles. The predicted molar refractivity (Wildman–Crippen MR) is 115 cm³/mol. The minimum atomic E-state index is -0.170. The number of carbonyl (C=O) groups is 1. The average Bonchev–Trinajstić information content (AvgIpc) is 3.13. The van der Waals surface area contributed by atoms with Crippen LogP contribution in [0.4, 0.5) is 0 Å². The van der Waals surface area contributed by atoms with Gasteiger partial charge in [-0.05, 0) is 64.7 Å². The van der Waals surface area contributed by atoms with E-state index < -0.39 is 0 Å². The molecule has 2 N–H and O–H groups in total. The highest BCUT2D eigenvalue weighted by Crippen LogP contribution is 2.12. The normalized spacial score (nSPS) is 15.1. The topological polar surface area (TPSA) is 46.3 Å². The molecule has 1 amide bonds. The van der Waals surface area contributed by atoms with Crippen molar-refractivity contribution in [2.45, 2.75) is 78.1 Å². The van der Waals surface area contributed by atoms with E-state index in [0.717, 1.165) is 24.3 Å². The lowest BCUT2D eigenvalue weighted by Gasteiger charge is -2.13. The summed E-state index contributed by atoms with van der Waals surface area (Å²) in [5.74, 6) is -0.170. The second-order valence-electron chi connectivity index (χ2n) is 6.95. The molecule has 150 valence electrons. The third kappa shape index (κ3) is 16.4. The molecule has 0 unspecified atom stereocenters. The van der Waals surface area contributed by atoms with Gasteiger partial charge >= 0.3 is 0 Å². The standard InChI is InChI=1S/C14H22ClN.C8H17NO/c1-3-14(15)9-8-13(2)7-6-12-16-10-4-5-11-16;1-2-3-4-5-6-7-8(9)10/h3,8-9H,2,4-7,10-12H2,1H3;2-7H2,1H3,(H2,9,10)/b9-8-,14-3+;. The SMILES string of the molecule is C=C(/C=C\C(Cl)=C/C)CCCN1CCCC1.CCCCCCCC(N)=O. The molecule has 1 aliphatic heterocycles. The van der Waals surface area contributed by atoms with Gasteiger partial charge in [0, 0.05) is 11.5 Å². The first-order valence-corrected chi connectivity index (χ1v) is 10.6. The van der Waals surface area contributed by atoms with Crippen LogP contribution in [0.2, 0.25) is 0 Å².